The number of urea groups is 1. The van der Waals surface area contributed by atoms with Gasteiger partial charge in [0.2, 0.25) is 0 Å². The van der Waals surface area contributed by atoms with E-state index < -0.39 is 30.1 Å². The summed E-state index contributed by atoms with van der Waals surface area (Å²) in [6.07, 6.45) is 1.98. The van der Waals surface area contributed by atoms with E-state index in [9.17, 15) is 14.4 Å². The summed E-state index contributed by atoms with van der Waals surface area (Å²) in [5.74, 6) is -1.69. The number of hydrogen-bond donors (Lipinski definition) is 3. The number of carboxylic acid groups (broad SMARTS) is 1. The Kier molecular flexibility index (Phi) is 6.93. The number of aliphatic hydroxyl groups excluding tert-OH is 1. The second-order valence-corrected chi connectivity index (χ2v) is 4.81. The van der Waals surface area contributed by atoms with Gasteiger partial charge in [0, 0.05) is 19.6 Å². The van der Waals surface area contributed by atoms with Crippen LogP contribution in [0.4, 0.5) is 4.79 Å². The molecule has 0 radical (unpaired) electrons. The third kappa shape index (κ3) is 4.89. The number of esters is 1. The summed E-state index contributed by atoms with van der Waals surface area (Å²) in [5.41, 5.74) is 0. The lowest BCUT2D eigenvalue weighted by Gasteiger charge is -2.34. The third-order valence-corrected chi connectivity index (χ3v) is 3.34. The minimum Gasteiger partial charge on any atom is -0.480 e. The Bertz CT molecular complexity index is 387. The van der Waals surface area contributed by atoms with E-state index in [1.165, 1.54) is 4.90 Å². The van der Waals surface area contributed by atoms with Crippen LogP contribution in [0.2, 0.25) is 0 Å². The van der Waals surface area contributed by atoms with E-state index in [0.717, 1.165) is 12.8 Å². The van der Waals surface area contributed by atoms with Gasteiger partial charge in [-0.3, -0.25) is 0 Å². The highest BCUT2D eigenvalue weighted by Gasteiger charge is 2.34. The van der Waals surface area contributed by atoms with E-state index in [4.69, 9.17) is 14.9 Å². The first-order valence-corrected chi connectivity index (χ1v) is 7.08. The minimum atomic E-state index is -1.22. The second-order valence-electron chi connectivity index (χ2n) is 4.81. The van der Waals surface area contributed by atoms with Crippen molar-refractivity contribution in [1.82, 2.24) is 10.2 Å². The Balaban J connectivity index is 2.72. The SMILES string of the molecule is CCOC(=O)C1CCCCN1C(=O)NC(CCO)C(=O)O. The first-order chi connectivity index (χ1) is 10.0. The monoisotopic (exact) mass is 302 g/mol. The van der Waals surface area contributed by atoms with Crippen molar-refractivity contribution in [1.29, 1.82) is 0 Å². The van der Waals surface area contributed by atoms with Crippen molar-refractivity contribution in [2.45, 2.75) is 44.7 Å². The molecule has 21 heavy (non-hydrogen) atoms. The molecule has 0 aliphatic carbocycles. The second kappa shape index (κ2) is 8.46. The number of ether oxygens (including phenoxy) is 1. The van der Waals surface area contributed by atoms with E-state index in [0.29, 0.717) is 13.0 Å². The molecule has 0 spiro atoms. The van der Waals surface area contributed by atoms with E-state index in [1.54, 1.807) is 6.92 Å². The van der Waals surface area contributed by atoms with Crippen LogP contribution in [0.15, 0.2) is 0 Å². The number of likely N-dealkylation sites (tertiary alicyclic amines) is 1. The van der Waals surface area contributed by atoms with Gasteiger partial charge in [0.15, 0.2) is 0 Å². The molecule has 8 heteroatoms. The molecule has 3 N–H and O–H groups in total. The van der Waals surface area contributed by atoms with Crippen molar-refractivity contribution >= 4 is 18.0 Å². The average Bonchev–Trinajstić information content (AvgIpc) is 2.46. The van der Waals surface area contributed by atoms with Crippen LogP contribution in [0, 0.1) is 0 Å². The zero-order valence-corrected chi connectivity index (χ0v) is 12.1. The van der Waals surface area contributed by atoms with Gasteiger partial charge in [0.05, 0.1) is 6.61 Å². The standard InChI is InChI=1S/C13H22N2O6/c1-2-21-12(19)10-5-3-4-7-15(10)13(20)14-9(6-8-16)11(17)18/h9-10,16H,2-8H2,1H3,(H,14,20)(H,17,18). The minimum absolute atomic E-state index is 0.0843. The number of carbonyl (C=O) groups excluding carboxylic acids is 2. The highest BCUT2D eigenvalue weighted by Crippen LogP contribution is 2.18. The van der Waals surface area contributed by atoms with E-state index >= 15 is 0 Å². The number of rotatable bonds is 6. The van der Waals surface area contributed by atoms with Gasteiger partial charge in [-0.05, 0) is 26.2 Å². The summed E-state index contributed by atoms with van der Waals surface area (Å²) >= 11 is 0. The Morgan fingerprint density at radius 2 is 2.10 bits per heavy atom. The highest BCUT2D eigenvalue weighted by molar-refractivity contribution is 5.86. The van der Waals surface area contributed by atoms with Gasteiger partial charge in [-0.1, -0.05) is 0 Å². The molecular formula is C13H22N2O6. The molecule has 2 atom stereocenters. The summed E-state index contributed by atoms with van der Waals surface area (Å²) < 4.78 is 4.94. The van der Waals surface area contributed by atoms with Crippen molar-refractivity contribution in [2.75, 3.05) is 19.8 Å². The number of piperidine rings is 1. The lowest BCUT2D eigenvalue weighted by atomic mass is 10.0. The zero-order chi connectivity index (χ0) is 15.8. The maximum absolute atomic E-state index is 12.2. The van der Waals surface area contributed by atoms with Crippen molar-refractivity contribution in [3.63, 3.8) is 0 Å². The first-order valence-electron chi connectivity index (χ1n) is 7.08. The Labute approximate surface area is 123 Å². The highest BCUT2D eigenvalue weighted by atomic mass is 16.5. The van der Waals surface area contributed by atoms with Crippen LogP contribution in [-0.4, -0.2) is 64.9 Å². The molecule has 1 aliphatic heterocycles. The van der Waals surface area contributed by atoms with Crippen LogP contribution in [0.25, 0.3) is 0 Å². The smallest absolute Gasteiger partial charge is 0.328 e. The molecule has 1 saturated heterocycles. The average molecular weight is 302 g/mol. The molecule has 0 aromatic heterocycles. The quantitative estimate of drug-likeness (QED) is 0.592. The predicted molar refractivity (Wildman–Crippen MR) is 72.6 cm³/mol. The number of aliphatic carboxylic acids is 1. The summed E-state index contributed by atoms with van der Waals surface area (Å²) in [7, 11) is 0. The third-order valence-electron chi connectivity index (χ3n) is 3.34. The fourth-order valence-electron chi connectivity index (χ4n) is 2.28. The van der Waals surface area contributed by atoms with Crippen LogP contribution in [0.5, 0.6) is 0 Å². The predicted octanol–water partition coefficient (Wildman–Crippen LogP) is -0.0508. The normalized spacial score (nSPS) is 19.7. The van der Waals surface area contributed by atoms with Crippen molar-refractivity contribution in [2.24, 2.45) is 0 Å². The maximum atomic E-state index is 12.2. The summed E-state index contributed by atoms with van der Waals surface area (Å²) in [6, 6.07) is -2.47. The van der Waals surface area contributed by atoms with Gasteiger partial charge in [-0.25, -0.2) is 14.4 Å². The number of carbonyl (C=O) groups is 3. The number of amides is 2. The van der Waals surface area contributed by atoms with E-state index in [2.05, 4.69) is 5.32 Å². The number of aliphatic hydroxyl groups is 1. The van der Waals surface area contributed by atoms with Crippen molar-refractivity contribution in [3.05, 3.63) is 0 Å². The van der Waals surface area contributed by atoms with Crippen LogP contribution in [-0.2, 0) is 14.3 Å². The van der Waals surface area contributed by atoms with Crippen LogP contribution >= 0.6 is 0 Å². The lowest BCUT2D eigenvalue weighted by molar-refractivity contribution is -0.149. The van der Waals surface area contributed by atoms with Crippen LogP contribution in [0.1, 0.15) is 32.6 Å². The summed E-state index contributed by atoms with van der Waals surface area (Å²) in [4.78, 5) is 36.3. The number of carboxylic acids is 1. The molecule has 0 aromatic carbocycles. The molecule has 2 amide bonds. The molecule has 0 saturated carbocycles. The summed E-state index contributed by atoms with van der Waals surface area (Å²) in [6.45, 7) is 1.94. The lowest BCUT2D eigenvalue weighted by Crippen LogP contribution is -2.55. The zero-order valence-electron chi connectivity index (χ0n) is 12.1. The van der Waals surface area contributed by atoms with Gasteiger partial charge in [-0.15, -0.1) is 0 Å². The van der Waals surface area contributed by atoms with Crippen LogP contribution < -0.4 is 5.32 Å². The van der Waals surface area contributed by atoms with Gasteiger partial charge >= 0.3 is 18.0 Å². The molecule has 2 unspecified atom stereocenters. The molecule has 8 nitrogen and oxygen atoms in total. The number of hydrogen-bond acceptors (Lipinski definition) is 5. The molecule has 120 valence electrons. The summed E-state index contributed by atoms with van der Waals surface area (Å²) in [5, 5.41) is 20.1. The number of nitrogens with one attached hydrogen (secondary N) is 1. The van der Waals surface area contributed by atoms with E-state index in [-0.39, 0.29) is 19.6 Å². The van der Waals surface area contributed by atoms with Gasteiger partial charge < -0.3 is 25.2 Å². The fraction of sp³-hybridized carbons (Fsp3) is 0.769. The van der Waals surface area contributed by atoms with Gasteiger partial charge in [0.25, 0.3) is 0 Å². The maximum Gasteiger partial charge on any atom is 0.328 e. The van der Waals surface area contributed by atoms with Gasteiger partial charge in [-0.2, -0.15) is 0 Å². The van der Waals surface area contributed by atoms with Crippen molar-refractivity contribution in [3.8, 4) is 0 Å². The molecule has 0 aromatic rings. The Hall–Kier alpha value is -1.83. The topological polar surface area (TPSA) is 116 Å². The molecule has 1 rings (SSSR count). The Morgan fingerprint density at radius 3 is 2.67 bits per heavy atom. The van der Waals surface area contributed by atoms with Gasteiger partial charge in [0.1, 0.15) is 12.1 Å². The molecule has 0 bridgehead atoms. The first kappa shape index (κ1) is 17.2. The number of nitrogens with zero attached hydrogens (tertiary/aromatic N) is 1. The molecule has 1 heterocycles. The largest absolute Gasteiger partial charge is 0.480 e. The Morgan fingerprint density at radius 1 is 1.38 bits per heavy atom. The molecular weight excluding hydrogens is 280 g/mol. The van der Waals surface area contributed by atoms with Crippen LogP contribution in [0.3, 0.4) is 0 Å². The molecule has 1 fully saturated rings. The van der Waals surface area contributed by atoms with E-state index in [1.807, 2.05) is 0 Å². The van der Waals surface area contributed by atoms with Crippen molar-refractivity contribution < 1.29 is 29.3 Å². The fourth-order valence-corrected chi connectivity index (χ4v) is 2.28. The molecule has 1 aliphatic rings.